The summed E-state index contributed by atoms with van der Waals surface area (Å²) >= 11 is 0. The molecule has 8 heteroatoms. The standard InChI is InChI=1S/C25H31N3O4S/c1-17-6-7-22(15-18(17)2)26-25(30)20-10-13-27(14-11-20)33(31,32)23-8-9-24-21(16-23)5-4-12-28(24)19(3)29/h6-9,15-16,20H,4-5,10-14H2,1-3H3,(H,26,30). The Bertz CT molecular complexity index is 1180. The molecule has 2 aliphatic heterocycles. The molecule has 2 aromatic carbocycles. The van der Waals surface area contributed by atoms with E-state index in [1.165, 1.54) is 16.8 Å². The van der Waals surface area contributed by atoms with Gasteiger partial charge in [-0.05, 0) is 86.6 Å². The number of nitrogens with zero attached hydrogens (tertiary/aromatic N) is 2. The summed E-state index contributed by atoms with van der Waals surface area (Å²) in [5.74, 6) is -0.313. The molecule has 0 spiro atoms. The van der Waals surface area contributed by atoms with E-state index in [9.17, 15) is 18.0 Å². The maximum absolute atomic E-state index is 13.3. The van der Waals surface area contributed by atoms with Gasteiger partial charge in [0.2, 0.25) is 21.8 Å². The lowest BCUT2D eigenvalue weighted by molar-refractivity contribution is -0.121. The first kappa shape index (κ1) is 23.4. The van der Waals surface area contributed by atoms with Crippen LogP contribution in [0.1, 0.15) is 42.9 Å². The Morgan fingerprint density at radius 3 is 2.36 bits per heavy atom. The van der Waals surface area contributed by atoms with Crippen molar-refractivity contribution in [1.29, 1.82) is 0 Å². The van der Waals surface area contributed by atoms with Crippen LogP contribution in [0.5, 0.6) is 0 Å². The highest BCUT2D eigenvalue weighted by Crippen LogP contribution is 2.32. The van der Waals surface area contributed by atoms with Crippen molar-refractivity contribution in [3.63, 3.8) is 0 Å². The van der Waals surface area contributed by atoms with E-state index in [-0.39, 0.29) is 22.6 Å². The van der Waals surface area contributed by atoms with Crippen molar-refractivity contribution in [3.8, 4) is 0 Å². The predicted octanol–water partition coefficient (Wildman–Crippen LogP) is 3.64. The summed E-state index contributed by atoms with van der Waals surface area (Å²) in [7, 11) is -3.65. The maximum Gasteiger partial charge on any atom is 0.243 e. The second kappa shape index (κ2) is 9.27. The molecule has 176 valence electrons. The minimum Gasteiger partial charge on any atom is -0.326 e. The summed E-state index contributed by atoms with van der Waals surface area (Å²) in [6.07, 6.45) is 2.54. The van der Waals surface area contributed by atoms with Crippen LogP contribution in [0.25, 0.3) is 0 Å². The van der Waals surface area contributed by atoms with Crippen LogP contribution in [-0.2, 0) is 26.0 Å². The number of aryl methyl sites for hydroxylation is 3. The summed E-state index contributed by atoms with van der Waals surface area (Å²) in [5.41, 5.74) is 4.74. The molecular formula is C25H31N3O4S. The minimum atomic E-state index is -3.65. The Labute approximate surface area is 195 Å². The zero-order chi connectivity index (χ0) is 23.8. The van der Waals surface area contributed by atoms with Gasteiger partial charge in [0, 0.05) is 43.9 Å². The molecule has 2 aromatic rings. The number of piperidine rings is 1. The van der Waals surface area contributed by atoms with Crippen molar-refractivity contribution < 1.29 is 18.0 Å². The van der Waals surface area contributed by atoms with E-state index in [0.717, 1.165) is 35.3 Å². The zero-order valence-electron chi connectivity index (χ0n) is 19.4. The molecule has 0 bridgehead atoms. The Morgan fingerprint density at radius 2 is 1.70 bits per heavy atom. The van der Waals surface area contributed by atoms with Crippen LogP contribution in [-0.4, -0.2) is 44.2 Å². The molecule has 0 saturated carbocycles. The van der Waals surface area contributed by atoms with E-state index >= 15 is 0 Å². The molecule has 7 nitrogen and oxygen atoms in total. The molecule has 0 aromatic heterocycles. The average Bonchev–Trinajstić information content (AvgIpc) is 2.80. The van der Waals surface area contributed by atoms with Gasteiger partial charge in [-0.3, -0.25) is 9.59 Å². The summed E-state index contributed by atoms with van der Waals surface area (Å²) in [5, 5.41) is 2.97. The van der Waals surface area contributed by atoms with Gasteiger partial charge in [0.15, 0.2) is 0 Å². The Hall–Kier alpha value is -2.71. The van der Waals surface area contributed by atoms with Crippen LogP contribution in [0.4, 0.5) is 11.4 Å². The zero-order valence-corrected chi connectivity index (χ0v) is 20.2. The molecule has 0 radical (unpaired) electrons. The first-order valence-corrected chi connectivity index (χ1v) is 12.9. The normalized spacial score (nSPS) is 17.5. The van der Waals surface area contributed by atoms with E-state index in [0.29, 0.717) is 32.5 Å². The lowest BCUT2D eigenvalue weighted by atomic mass is 9.97. The number of carbonyl (C=O) groups excluding carboxylic acids is 2. The van der Waals surface area contributed by atoms with Crippen LogP contribution in [0.2, 0.25) is 0 Å². The van der Waals surface area contributed by atoms with Crippen LogP contribution in [0, 0.1) is 19.8 Å². The lowest BCUT2D eigenvalue weighted by Gasteiger charge is -2.32. The van der Waals surface area contributed by atoms with Crippen molar-refractivity contribution in [1.82, 2.24) is 4.31 Å². The van der Waals surface area contributed by atoms with Crippen molar-refractivity contribution in [2.45, 2.75) is 51.3 Å². The van der Waals surface area contributed by atoms with Crippen LogP contribution in [0.3, 0.4) is 0 Å². The smallest absolute Gasteiger partial charge is 0.243 e. The van der Waals surface area contributed by atoms with Gasteiger partial charge in [-0.15, -0.1) is 0 Å². The summed E-state index contributed by atoms with van der Waals surface area (Å²) < 4.78 is 28.0. The fraction of sp³-hybridized carbons (Fsp3) is 0.440. The van der Waals surface area contributed by atoms with Crippen LogP contribution < -0.4 is 10.2 Å². The number of hydrogen-bond donors (Lipinski definition) is 1. The fourth-order valence-electron chi connectivity index (χ4n) is 4.63. The second-order valence-electron chi connectivity index (χ2n) is 9.03. The highest BCUT2D eigenvalue weighted by molar-refractivity contribution is 7.89. The largest absolute Gasteiger partial charge is 0.326 e. The Kier molecular flexibility index (Phi) is 6.59. The maximum atomic E-state index is 13.3. The quantitative estimate of drug-likeness (QED) is 0.741. The van der Waals surface area contributed by atoms with E-state index in [2.05, 4.69) is 5.32 Å². The Morgan fingerprint density at radius 1 is 0.970 bits per heavy atom. The van der Waals surface area contributed by atoms with E-state index < -0.39 is 10.0 Å². The highest BCUT2D eigenvalue weighted by atomic mass is 32.2. The molecule has 4 rings (SSSR count). The fourth-order valence-corrected chi connectivity index (χ4v) is 6.15. The minimum absolute atomic E-state index is 0.0345. The first-order chi connectivity index (χ1) is 15.7. The molecule has 1 N–H and O–H groups in total. The lowest BCUT2D eigenvalue weighted by Crippen LogP contribution is -2.41. The summed E-state index contributed by atoms with van der Waals surface area (Å²) in [6, 6.07) is 10.9. The average molecular weight is 470 g/mol. The molecule has 1 fully saturated rings. The van der Waals surface area contributed by atoms with E-state index in [4.69, 9.17) is 0 Å². The van der Waals surface area contributed by atoms with E-state index in [1.807, 2.05) is 32.0 Å². The number of sulfonamides is 1. The van der Waals surface area contributed by atoms with Gasteiger partial charge in [0.25, 0.3) is 0 Å². The third kappa shape index (κ3) is 4.82. The molecule has 2 amide bonds. The summed E-state index contributed by atoms with van der Waals surface area (Å²) in [4.78, 5) is 26.6. The van der Waals surface area contributed by atoms with Gasteiger partial charge in [-0.1, -0.05) is 6.07 Å². The number of benzene rings is 2. The highest BCUT2D eigenvalue weighted by Gasteiger charge is 2.33. The van der Waals surface area contributed by atoms with Crippen molar-refractivity contribution in [2.75, 3.05) is 29.9 Å². The summed E-state index contributed by atoms with van der Waals surface area (Å²) in [6.45, 7) is 6.84. The van der Waals surface area contributed by atoms with Gasteiger partial charge in [0.05, 0.1) is 4.90 Å². The van der Waals surface area contributed by atoms with Crippen LogP contribution in [0.15, 0.2) is 41.3 Å². The number of carbonyl (C=O) groups is 2. The molecular weight excluding hydrogens is 438 g/mol. The number of nitrogens with one attached hydrogen (secondary N) is 1. The van der Waals surface area contributed by atoms with Gasteiger partial charge >= 0.3 is 0 Å². The van der Waals surface area contributed by atoms with Crippen molar-refractivity contribution in [2.24, 2.45) is 5.92 Å². The molecule has 0 aliphatic carbocycles. The molecule has 33 heavy (non-hydrogen) atoms. The number of amides is 2. The van der Waals surface area contributed by atoms with Gasteiger partial charge in [-0.2, -0.15) is 4.31 Å². The third-order valence-electron chi connectivity index (χ3n) is 6.79. The van der Waals surface area contributed by atoms with Gasteiger partial charge in [-0.25, -0.2) is 8.42 Å². The number of rotatable bonds is 4. The SMILES string of the molecule is CC(=O)N1CCCc2cc(S(=O)(=O)N3CCC(C(=O)Nc4ccc(C)c(C)c4)CC3)ccc21. The first-order valence-electron chi connectivity index (χ1n) is 11.5. The van der Waals surface area contributed by atoms with Gasteiger partial charge < -0.3 is 10.2 Å². The molecule has 1 saturated heterocycles. The number of anilines is 2. The van der Waals surface area contributed by atoms with E-state index in [1.54, 1.807) is 23.1 Å². The topological polar surface area (TPSA) is 86.8 Å². The molecule has 0 unspecified atom stereocenters. The predicted molar refractivity (Wildman–Crippen MR) is 129 cm³/mol. The molecule has 2 heterocycles. The van der Waals surface area contributed by atoms with Gasteiger partial charge in [0.1, 0.15) is 0 Å². The third-order valence-corrected chi connectivity index (χ3v) is 8.68. The molecule has 0 atom stereocenters. The van der Waals surface area contributed by atoms with Crippen LogP contribution >= 0.6 is 0 Å². The van der Waals surface area contributed by atoms with Crippen molar-refractivity contribution in [3.05, 3.63) is 53.1 Å². The monoisotopic (exact) mass is 469 g/mol. The van der Waals surface area contributed by atoms with Crippen molar-refractivity contribution >= 4 is 33.2 Å². The number of hydrogen-bond acceptors (Lipinski definition) is 4. The Balaban J connectivity index is 1.42. The second-order valence-corrected chi connectivity index (χ2v) is 11.0. The number of fused-ring (bicyclic) bond motifs is 1. The molecule has 2 aliphatic rings.